The molecule has 2 aromatic rings. The molecule has 0 radical (unpaired) electrons. The van der Waals surface area contributed by atoms with Gasteiger partial charge in [-0.05, 0) is 49.0 Å². The Kier molecular flexibility index (Phi) is 5.43. The van der Waals surface area contributed by atoms with E-state index in [9.17, 15) is 4.39 Å². The van der Waals surface area contributed by atoms with E-state index in [1.807, 2.05) is 24.3 Å². The first-order chi connectivity index (χ1) is 11.6. The molecule has 5 heteroatoms. The minimum absolute atomic E-state index is 0.236. The van der Waals surface area contributed by atoms with Gasteiger partial charge in [0.1, 0.15) is 23.2 Å². The van der Waals surface area contributed by atoms with Crippen molar-refractivity contribution in [2.45, 2.75) is 6.61 Å². The summed E-state index contributed by atoms with van der Waals surface area (Å²) >= 11 is 5.61. The third-order valence-electron chi connectivity index (χ3n) is 4.21. The summed E-state index contributed by atoms with van der Waals surface area (Å²) in [5, 5.41) is 0. The maximum atomic E-state index is 12.9. The summed E-state index contributed by atoms with van der Waals surface area (Å²) in [7, 11) is 2.13. The second kappa shape index (κ2) is 7.73. The van der Waals surface area contributed by atoms with Crippen molar-refractivity contribution in [1.29, 1.82) is 0 Å². The third kappa shape index (κ3) is 4.30. The summed E-state index contributed by atoms with van der Waals surface area (Å²) in [6.07, 6.45) is 0. The summed E-state index contributed by atoms with van der Waals surface area (Å²) in [5.74, 6) is 0.546. The zero-order valence-corrected chi connectivity index (χ0v) is 14.6. The van der Waals surface area contributed by atoms with Gasteiger partial charge < -0.3 is 14.5 Å². The number of benzene rings is 2. The SMILES string of the molecule is CN1CCN(C(=S)c2ccc(OCc3ccc(F)cc3)cc2)CC1. The molecule has 0 bridgehead atoms. The summed E-state index contributed by atoms with van der Waals surface area (Å²) < 4.78 is 18.6. The van der Waals surface area contributed by atoms with Crippen LogP contribution in [-0.4, -0.2) is 48.0 Å². The van der Waals surface area contributed by atoms with Crippen LogP contribution in [0.15, 0.2) is 48.5 Å². The van der Waals surface area contributed by atoms with Crippen LogP contribution < -0.4 is 4.74 Å². The van der Waals surface area contributed by atoms with Crippen LogP contribution in [0.3, 0.4) is 0 Å². The van der Waals surface area contributed by atoms with Crippen LogP contribution >= 0.6 is 12.2 Å². The van der Waals surface area contributed by atoms with Gasteiger partial charge in [-0.1, -0.05) is 24.4 Å². The van der Waals surface area contributed by atoms with E-state index in [4.69, 9.17) is 17.0 Å². The largest absolute Gasteiger partial charge is 0.489 e. The zero-order chi connectivity index (χ0) is 16.9. The molecule has 0 spiro atoms. The van der Waals surface area contributed by atoms with Gasteiger partial charge in [0, 0.05) is 31.7 Å². The molecule has 0 N–H and O–H groups in total. The average molecular weight is 344 g/mol. The highest BCUT2D eigenvalue weighted by Crippen LogP contribution is 2.17. The van der Waals surface area contributed by atoms with Crippen molar-refractivity contribution in [2.24, 2.45) is 0 Å². The third-order valence-corrected chi connectivity index (χ3v) is 4.70. The first-order valence-electron chi connectivity index (χ1n) is 8.07. The highest BCUT2D eigenvalue weighted by Gasteiger charge is 2.17. The predicted molar refractivity (Wildman–Crippen MR) is 97.9 cm³/mol. The molecule has 0 atom stereocenters. The van der Waals surface area contributed by atoms with Crippen molar-refractivity contribution in [3.05, 3.63) is 65.5 Å². The second-order valence-electron chi connectivity index (χ2n) is 6.03. The number of hydrogen-bond acceptors (Lipinski definition) is 3. The van der Waals surface area contributed by atoms with Gasteiger partial charge in [-0.25, -0.2) is 4.39 Å². The molecule has 3 rings (SSSR count). The Morgan fingerprint density at radius 1 is 1.00 bits per heavy atom. The fourth-order valence-electron chi connectivity index (χ4n) is 2.63. The highest BCUT2D eigenvalue weighted by molar-refractivity contribution is 7.80. The molecule has 0 aromatic heterocycles. The summed E-state index contributed by atoms with van der Waals surface area (Å²) in [6.45, 7) is 4.44. The molecule has 1 fully saturated rings. The lowest BCUT2D eigenvalue weighted by Crippen LogP contribution is -2.46. The van der Waals surface area contributed by atoms with E-state index in [1.165, 1.54) is 12.1 Å². The lowest BCUT2D eigenvalue weighted by atomic mass is 10.2. The Bertz CT molecular complexity index is 680. The van der Waals surface area contributed by atoms with E-state index in [-0.39, 0.29) is 5.82 Å². The van der Waals surface area contributed by atoms with Crippen molar-refractivity contribution in [3.8, 4) is 5.75 Å². The molecule has 0 aliphatic carbocycles. The Labute approximate surface area is 147 Å². The van der Waals surface area contributed by atoms with Crippen molar-refractivity contribution in [3.63, 3.8) is 0 Å². The molecule has 0 amide bonds. The van der Waals surface area contributed by atoms with Crippen LogP contribution in [0.1, 0.15) is 11.1 Å². The van der Waals surface area contributed by atoms with Crippen LogP contribution in [0.5, 0.6) is 5.75 Å². The molecule has 1 aliphatic heterocycles. The number of rotatable bonds is 4. The van der Waals surface area contributed by atoms with Gasteiger partial charge in [0.05, 0.1) is 0 Å². The van der Waals surface area contributed by atoms with E-state index in [2.05, 4.69) is 16.8 Å². The number of piperazine rings is 1. The van der Waals surface area contributed by atoms with E-state index in [0.29, 0.717) is 6.61 Å². The quantitative estimate of drug-likeness (QED) is 0.790. The molecule has 1 saturated heterocycles. The van der Waals surface area contributed by atoms with E-state index in [1.54, 1.807) is 12.1 Å². The Hall–Kier alpha value is -1.98. The number of halogens is 1. The topological polar surface area (TPSA) is 15.7 Å². The molecule has 2 aromatic carbocycles. The molecule has 0 unspecified atom stereocenters. The van der Waals surface area contributed by atoms with Gasteiger partial charge in [0.15, 0.2) is 0 Å². The Morgan fingerprint density at radius 3 is 2.25 bits per heavy atom. The van der Waals surface area contributed by atoms with E-state index in [0.717, 1.165) is 48.0 Å². The number of nitrogens with zero attached hydrogens (tertiary/aromatic N) is 2. The summed E-state index contributed by atoms with van der Waals surface area (Å²) in [4.78, 5) is 5.46. The number of likely N-dealkylation sites (N-methyl/N-ethyl adjacent to an activating group) is 1. The normalized spacial score (nSPS) is 15.3. The fourth-order valence-corrected chi connectivity index (χ4v) is 2.95. The zero-order valence-electron chi connectivity index (χ0n) is 13.7. The van der Waals surface area contributed by atoms with Gasteiger partial charge in [-0.15, -0.1) is 0 Å². The number of hydrogen-bond donors (Lipinski definition) is 0. The van der Waals surface area contributed by atoms with Crippen LogP contribution in [0.2, 0.25) is 0 Å². The maximum absolute atomic E-state index is 12.9. The molecule has 126 valence electrons. The predicted octanol–water partition coefficient (Wildman–Crippen LogP) is 3.33. The van der Waals surface area contributed by atoms with Crippen molar-refractivity contribution >= 4 is 17.2 Å². The van der Waals surface area contributed by atoms with Crippen LogP contribution in [0, 0.1) is 5.82 Å². The van der Waals surface area contributed by atoms with Gasteiger partial charge in [0.25, 0.3) is 0 Å². The molecule has 3 nitrogen and oxygen atoms in total. The second-order valence-corrected chi connectivity index (χ2v) is 6.42. The molecular formula is C19H21FN2OS. The summed E-state index contributed by atoms with van der Waals surface area (Å²) in [5.41, 5.74) is 1.98. The van der Waals surface area contributed by atoms with Crippen molar-refractivity contribution < 1.29 is 9.13 Å². The minimum atomic E-state index is -0.236. The number of ether oxygens (including phenoxy) is 1. The highest BCUT2D eigenvalue weighted by atomic mass is 32.1. The molecule has 1 aliphatic rings. The van der Waals surface area contributed by atoms with Gasteiger partial charge >= 0.3 is 0 Å². The van der Waals surface area contributed by atoms with Crippen molar-refractivity contribution in [1.82, 2.24) is 9.80 Å². The molecule has 0 saturated carbocycles. The lowest BCUT2D eigenvalue weighted by molar-refractivity contribution is 0.218. The van der Waals surface area contributed by atoms with Crippen LogP contribution in [0.25, 0.3) is 0 Å². The molecule has 24 heavy (non-hydrogen) atoms. The average Bonchev–Trinajstić information content (AvgIpc) is 2.62. The monoisotopic (exact) mass is 344 g/mol. The smallest absolute Gasteiger partial charge is 0.123 e. The Balaban J connectivity index is 1.56. The molecule has 1 heterocycles. The lowest BCUT2D eigenvalue weighted by Gasteiger charge is -2.34. The molecular weight excluding hydrogens is 323 g/mol. The van der Waals surface area contributed by atoms with Gasteiger partial charge in [0.2, 0.25) is 0 Å². The van der Waals surface area contributed by atoms with Crippen LogP contribution in [0.4, 0.5) is 4.39 Å². The van der Waals surface area contributed by atoms with E-state index < -0.39 is 0 Å². The maximum Gasteiger partial charge on any atom is 0.123 e. The van der Waals surface area contributed by atoms with Crippen molar-refractivity contribution in [2.75, 3.05) is 33.2 Å². The minimum Gasteiger partial charge on any atom is -0.489 e. The Morgan fingerprint density at radius 2 is 1.62 bits per heavy atom. The van der Waals surface area contributed by atoms with E-state index >= 15 is 0 Å². The standard InChI is InChI=1S/C19H21FN2OS/c1-21-10-12-22(13-11-21)19(24)16-4-8-18(9-5-16)23-14-15-2-6-17(20)7-3-15/h2-9H,10-14H2,1H3. The number of thiocarbonyl (C=S) groups is 1. The first kappa shape index (κ1) is 16.9. The first-order valence-corrected chi connectivity index (χ1v) is 8.48. The van der Waals surface area contributed by atoms with Crippen LogP contribution in [-0.2, 0) is 6.61 Å². The van der Waals surface area contributed by atoms with Gasteiger partial charge in [-0.3, -0.25) is 0 Å². The fraction of sp³-hybridized carbons (Fsp3) is 0.316. The van der Waals surface area contributed by atoms with Gasteiger partial charge in [-0.2, -0.15) is 0 Å². The summed E-state index contributed by atoms with van der Waals surface area (Å²) in [6, 6.07) is 14.2.